The van der Waals surface area contributed by atoms with Crippen LogP contribution < -0.4 is 4.74 Å². The zero-order valence-corrected chi connectivity index (χ0v) is 19.3. The maximum atomic E-state index is 12.1. The van der Waals surface area contributed by atoms with E-state index in [1.807, 2.05) is 32.9 Å². The molecular weight excluding hydrogens is 400 g/mol. The molecule has 0 saturated heterocycles. The average molecular weight is 431 g/mol. The van der Waals surface area contributed by atoms with Gasteiger partial charge in [-0.3, -0.25) is 0 Å². The lowest BCUT2D eigenvalue weighted by molar-refractivity contribution is -0.132. The second-order valence-corrected chi connectivity index (χ2v) is 5.97. The largest absolute Gasteiger partial charge is 0.472 e. The minimum Gasteiger partial charge on any atom is -0.472 e. The topological polar surface area (TPSA) is 104 Å². The van der Waals surface area contributed by atoms with Gasteiger partial charge < -0.3 is 19.1 Å². The van der Waals surface area contributed by atoms with Gasteiger partial charge in [0.2, 0.25) is 5.88 Å². The van der Waals surface area contributed by atoms with E-state index in [1.165, 1.54) is 21.3 Å². The van der Waals surface area contributed by atoms with Crippen LogP contribution in [0.2, 0.25) is 0 Å². The van der Waals surface area contributed by atoms with E-state index in [0.717, 1.165) is 5.56 Å². The highest BCUT2D eigenvalue weighted by molar-refractivity contribution is 6.43. The summed E-state index contributed by atoms with van der Waals surface area (Å²) in [5, 5.41) is 7.73. The molecule has 2 aromatic rings. The van der Waals surface area contributed by atoms with Crippen LogP contribution in [0, 0.1) is 13.8 Å². The summed E-state index contributed by atoms with van der Waals surface area (Å²) in [5.41, 5.74) is 3.29. The standard InChI is InChI=1S/C20H24N4O5.C2H6/c1-12-17(13(2)23-27-5)21-14(3)22-19(12)29-11-15-9-7-8-10-16(15)18(24-28-6)20(25)26-4;1-2/h7-10H,11H2,1-6H3;1-2H3/b23-13-,24-18+;. The molecule has 0 bridgehead atoms. The van der Waals surface area contributed by atoms with Gasteiger partial charge in [-0.1, -0.05) is 48.4 Å². The van der Waals surface area contributed by atoms with E-state index < -0.39 is 5.97 Å². The first kappa shape index (κ1) is 25.5. The third-order valence-corrected chi connectivity index (χ3v) is 3.98. The first-order valence-electron chi connectivity index (χ1n) is 9.76. The normalized spacial score (nSPS) is 11.2. The van der Waals surface area contributed by atoms with Gasteiger partial charge in [-0.05, 0) is 26.3 Å². The van der Waals surface area contributed by atoms with Gasteiger partial charge in [-0.15, -0.1) is 0 Å². The van der Waals surface area contributed by atoms with Crippen LogP contribution >= 0.6 is 0 Å². The zero-order chi connectivity index (χ0) is 23.4. The Hall–Kier alpha value is -3.49. The minimum absolute atomic E-state index is 0.0496. The number of aromatic nitrogens is 2. The fourth-order valence-electron chi connectivity index (χ4n) is 2.68. The van der Waals surface area contributed by atoms with E-state index >= 15 is 0 Å². The van der Waals surface area contributed by atoms with Crippen molar-refractivity contribution < 1.29 is 23.9 Å². The average Bonchev–Trinajstić information content (AvgIpc) is 2.79. The number of rotatable bonds is 8. The Kier molecular flexibility index (Phi) is 10.7. The summed E-state index contributed by atoms with van der Waals surface area (Å²) in [5.74, 6) is 0.342. The van der Waals surface area contributed by atoms with Crippen LogP contribution in [0.3, 0.4) is 0 Å². The van der Waals surface area contributed by atoms with Crippen molar-refractivity contribution in [1.82, 2.24) is 9.97 Å². The van der Waals surface area contributed by atoms with Crippen molar-refractivity contribution in [2.75, 3.05) is 21.3 Å². The van der Waals surface area contributed by atoms with Crippen LogP contribution in [0.1, 0.15) is 49.0 Å². The van der Waals surface area contributed by atoms with E-state index in [2.05, 4.69) is 20.3 Å². The Balaban J connectivity index is 0.00000233. The Morgan fingerprint density at radius 3 is 2.26 bits per heavy atom. The zero-order valence-electron chi connectivity index (χ0n) is 19.3. The Morgan fingerprint density at radius 1 is 1.00 bits per heavy atom. The fourth-order valence-corrected chi connectivity index (χ4v) is 2.68. The molecule has 9 heteroatoms. The van der Waals surface area contributed by atoms with Crippen molar-refractivity contribution in [1.29, 1.82) is 0 Å². The smallest absolute Gasteiger partial charge is 0.360 e. The third-order valence-electron chi connectivity index (χ3n) is 3.98. The summed E-state index contributed by atoms with van der Waals surface area (Å²) in [4.78, 5) is 30.5. The van der Waals surface area contributed by atoms with Gasteiger partial charge in [-0.25, -0.2) is 9.78 Å². The van der Waals surface area contributed by atoms with E-state index in [-0.39, 0.29) is 12.3 Å². The predicted molar refractivity (Wildman–Crippen MR) is 118 cm³/mol. The second kappa shape index (κ2) is 12.9. The number of carbonyl (C=O) groups excluding carboxylic acids is 1. The van der Waals surface area contributed by atoms with Crippen molar-refractivity contribution in [3.8, 4) is 5.88 Å². The Bertz CT molecular complexity index is 941. The molecule has 0 fully saturated rings. The molecular formula is C22H30N4O5. The first-order chi connectivity index (χ1) is 14.9. The van der Waals surface area contributed by atoms with Crippen LogP contribution in [0.4, 0.5) is 0 Å². The molecule has 9 nitrogen and oxygen atoms in total. The molecule has 0 saturated carbocycles. The number of carbonyl (C=O) groups is 1. The maximum Gasteiger partial charge on any atom is 0.360 e. The molecule has 0 N–H and O–H groups in total. The van der Waals surface area contributed by atoms with Crippen LogP contribution in [0.25, 0.3) is 0 Å². The van der Waals surface area contributed by atoms with Crippen molar-refractivity contribution in [2.24, 2.45) is 10.3 Å². The highest BCUT2D eigenvalue weighted by Crippen LogP contribution is 2.21. The molecule has 2 rings (SSSR count). The summed E-state index contributed by atoms with van der Waals surface area (Å²) in [6, 6.07) is 7.19. The lowest BCUT2D eigenvalue weighted by Gasteiger charge is -2.14. The van der Waals surface area contributed by atoms with Gasteiger partial charge in [0.15, 0.2) is 5.71 Å². The highest BCUT2D eigenvalue weighted by Gasteiger charge is 2.20. The summed E-state index contributed by atoms with van der Waals surface area (Å²) >= 11 is 0. The van der Waals surface area contributed by atoms with Gasteiger partial charge in [0.05, 0.1) is 12.8 Å². The molecule has 0 radical (unpaired) electrons. The number of esters is 1. The molecule has 1 heterocycles. The second-order valence-electron chi connectivity index (χ2n) is 5.97. The van der Waals surface area contributed by atoms with E-state index in [4.69, 9.17) is 19.1 Å². The van der Waals surface area contributed by atoms with Crippen LogP contribution in [-0.2, 0) is 25.8 Å². The van der Waals surface area contributed by atoms with Gasteiger partial charge in [0.1, 0.15) is 32.4 Å². The third kappa shape index (κ3) is 6.77. The molecule has 0 spiro atoms. The maximum absolute atomic E-state index is 12.1. The number of benzene rings is 1. The van der Waals surface area contributed by atoms with Crippen molar-refractivity contribution in [3.05, 3.63) is 52.5 Å². The van der Waals surface area contributed by atoms with Crippen molar-refractivity contribution in [2.45, 2.75) is 41.2 Å². The number of aryl methyl sites for hydroxylation is 1. The number of nitrogens with zero attached hydrogens (tertiary/aromatic N) is 4. The number of hydrogen-bond acceptors (Lipinski definition) is 9. The van der Waals surface area contributed by atoms with Gasteiger partial charge in [0.25, 0.3) is 0 Å². The van der Waals surface area contributed by atoms with E-state index in [1.54, 1.807) is 26.0 Å². The predicted octanol–water partition coefficient (Wildman–Crippen LogP) is 3.59. The monoisotopic (exact) mass is 430 g/mol. The molecule has 1 aromatic heterocycles. The molecule has 0 amide bonds. The molecule has 0 atom stereocenters. The lowest BCUT2D eigenvalue weighted by Crippen LogP contribution is -2.20. The number of ether oxygens (including phenoxy) is 2. The van der Waals surface area contributed by atoms with Crippen LogP contribution in [0.5, 0.6) is 5.88 Å². The van der Waals surface area contributed by atoms with Crippen LogP contribution in [-0.4, -0.2) is 48.7 Å². The Morgan fingerprint density at radius 2 is 1.65 bits per heavy atom. The molecule has 0 aliphatic heterocycles. The number of hydrogen-bond donors (Lipinski definition) is 0. The SMILES string of the molecule is CC.CO/N=C(/C)c1nc(C)nc(OCc2ccccc2/C(=N\OC)C(=O)OC)c1C. The summed E-state index contributed by atoms with van der Waals surface area (Å²) in [6.45, 7) is 9.55. The lowest BCUT2D eigenvalue weighted by atomic mass is 10.0. The Labute approximate surface area is 183 Å². The van der Waals surface area contributed by atoms with Crippen molar-refractivity contribution >= 4 is 17.4 Å². The molecule has 1 aromatic carbocycles. The van der Waals surface area contributed by atoms with Gasteiger partial charge in [-0.2, -0.15) is 4.98 Å². The summed E-state index contributed by atoms with van der Waals surface area (Å²) in [7, 11) is 4.12. The number of oxime groups is 2. The van der Waals surface area contributed by atoms with Gasteiger partial charge >= 0.3 is 5.97 Å². The molecule has 31 heavy (non-hydrogen) atoms. The number of methoxy groups -OCH3 is 1. The van der Waals surface area contributed by atoms with Gasteiger partial charge in [0, 0.05) is 11.1 Å². The molecule has 0 unspecified atom stereocenters. The van der Waals surface area contributed by atoms with Crippen molar-refractivity contribution in [3.63, 3.8) is 0 Å². The minimum atomic E-state index is -0.609. The summed E-state index contributed by atoms with van der Waals surface area (Å²) in [6.07, 6.45) is 0. The molecule has 0 aliphatic rings. The fraction of sp³-hybridized carbons (Fsp3) is 0.409. The summed E-state index contributed by atoms with van der Waals surface area (Å²) < 4.78 is 10.8. The quantitative estimate of drug-likeness (QED) is 0.358. The van der Waals surface area contributed by atoms with E-state index in [9.17, 15) is 4.79 Å². The highest BCUT2D eigenvalue weighted by atomic mass is 16.6. The van der Waals surface area contributed by atoms with Crippen LogP contribution in [0.15, 0.2) is 34.6 Å². The van der Waals surface area contributed by atoms with E-state index in [0.29, 0.717) is 34.2 Å². The first-order valence-corrected chi connectivity index (χ1v) is 9.76. The molecule has 0 aliphatic carbocycles. The molecule has 168 valence electrons.